The van der Waals surface area contributed by atoms with Crippen LogP contribution in [-0.4, -0.2) is 36.7 Å². The van der Waals surface area contributed by atoms with Crippen LogP contribution in [0.3, 0.4) is 0 Å². The van der Waals surface area contributed by atoms with Gasteiger partial charge in [-0.15, -0.1) is 0 Å². The van der Waals surface area contributed by atoms with Crippen molar-refractivity contribution in [2.75, 3.05) is 18.9 Å². The van der Waals surface area contributed by atoms with Crippen LogP contribution < -0.4 is 0 Å². The fraction of sp³-hybridized carbons (Fsp3) is 0.500. The second-order valence-electron chi connectivity index (χ2n) is 3.94. The second kappa shape index (κ2) is 6.14. The molecule has 1 aromatic carbocycles. The van der Waals surface area contributed by atoms with E-state index < -0.39 is 10.0 Å². The van der Waals surface area contributed by atoms with Crippen LogP contribution in [0.25, 0.3) is 0 Å². The van der Waals surface area contributed by atoms with E-state index in [0.29, 0.717) is 6.54 Å². The second-order valence-corrected chi connectivity index (χ2v) is 6.20. The third-order valence-electron chi connectivity index (χ3n) is 2.59. The van der Waals surface area contributed by atoms with Crippen molar-refractivity contribution >= 4 is 10.0 Å². The van der Waals surface area contributed by atoms with Crippen LogP contribution in [0.5, 0.6) is 0 Å². The number of nitrogens with zero attached hydrogens (tertiary/aromatic N) is 1. The normalized spacial score (nSPS) is 12.0. The van der Waals surface area contributed by atoms with Crippen LogP contribution in [-0.2, 0) is 16.6 Å². The molecule has 5 heteroatoms. The number of hydrogen-bond donors (Lipinski definition) is 1. The lowest BCUT2D eigenvalue weighted by Crippen LogP contribution is -2.34. The van der Waals surface area contributed by atoms with Crippen molar-refractivity contribution < 1.29 is 13.5 Å². The molecule has 0 saturated heterocycles. The van der Waals surface area contributed by atoms with Gasteiger partial charge in [-0.25, -0.2) is 8.42 Å². The summed E-state index contributed by atoms with van der Waals surface area (Å²) in [6.07, 6.45) is 0. The Labute approximate surface area is 103 Å². The maximum Gasteiger partial charge on any atom is 0.214 e. The third-order valence-corrected chi connectivity index (χ3v) is 4.42. The van der Waals surface area contributed by atoms with Gasteiger partial charge in [0.15, 0.2) is 0 Å². The molecule has 0 aromatic heterocycles. The van der Waals surface area contributed by atoms with Gasteiger partial charge in [0.25, 0.3) is 0 Å². The van der Waals surface area contributed by atoms with Crippen molar-refractivity contribution in [2.24, 2.45) is 0 Å². The molecule has 1 N–H and O–H groups in total. The Balaban J connectivity index is 2.84. The Morgan fingerprint density at radius 3 is 2.29 bits per heavy atom. The number of aryl methyl sites for hydroxylation is 1. The molecule has 0 saturated carbocycles. The first-order valence-corrected chi connectivity index (χ1v) is 7.24. The first kappa shape index (κ1) is 14.2. The summed E-state index contributed by atoms with van der Waals surface area (Å²) in [6, 6.07) is 7.71. The molecule has 0 spiro atoms. The van der Waals surface area contributed by atoms with Gasteiger partial charge in [0.1, 0.15) is 0 Å². The molecule has 96 valence electrons. The molecule has 0 atom stereocenters. The molecule has 0 bridgehead atoms. The van der Waals surface area contributed by atoms with Crippen molar-refractivity contribution in [1.29, 1.82) is 0 Å². The molecule has 1 aromatic rings. The van der Waals surface area contributed by atoms with E-state index in [-0.39, 0.29) is 18.9 Å². The molecule has 4 nitrogen and oxygen atoms in total. The Morgan fingerprint density at radius 1 is 1.24 bits per heavy atom. The fourth-order valence-corrected chi connectivity index (χ4v) is 2.58. The van der Waals surface area contributed by atoms with E-state index in [1.165, 1.54) is 4.31 Å². The summed E-state index contributed by atoms with van der Waals surface area (Å²) in [6.45, 7) is 3.89. The monoisotopic (exact) mass is 257 g/mol. The van der Waals surface area contributed by atoms with Gasteiger partial charge in [-0.1, -0.05) is 29.8 Å². The zero-order chi connectivity index (χ0) is 12.9. The lowest BCUT2D eigenvalue weighted by atomic mass is 10.1. The van der Waals surface area contributed by atoms with Crippen LogP contribution in [0.15, 0.2) is 24.3 Å². The highest BCUT2D eigenvalue weighted by Crippen LogP contribution is 2.10. The quantitative estimate of drug-likeness (QED) is 0.831. The number of sulfonamides is 1. The number of benzene rings is 1. The first-order chi connectivity index (χ1) is 7.99. The van der Waals surface area contributed by atoms with Gasteiger partial charge in [-0.3, -0.25) is 0 Å². The highest BCUT2D eigenvalue weighted by Gasteiger charge is 2.19. The predicted molar refractivity (Wildman–Crippen MR) is 68.1 cm³/mol. The SMILES string of the molecule is CCS(=O)(=O)N(CCO)Cc1ccc(C)cc1. The van der Waals surface area contributed by atoms with Gasteiger partial charge in [-0.05, 0) is 19.4 Å². The summed E-state index contributed by atoms with van der Waals surface area (Å²) in [5.41, 5.74) is 2.07. The van der Waals surface area contributed by atoms with Crippen LogP contribution in [0.2, 0.25) is 0 Å². The van der Waals surface area contributed by atoms with E-state index in [1.807, 2.05) is 31.2 Å². The molecule has 0 unspecified atom stereocenters. The number of aliphatic hydroxyl groups excluding tert-OH is 1. The van der Waals surface area contributed by atoms with Gasteiger partial charge >= 0.3 is 0 Å². The molecular formula is C12H19NO3S. The van der Waals surface area contributed by atoms with Crippen molar-refractivity contribution in [3.63, 3.8) is 0 Å². The summed E-state index contributed by atoms with van der Waals surface area (Å²) in [5.74, 6) is 0.0544. The molecule has 0 aliphatic rings. The zero-order valence-electron chi connectivity index (χ0n) is 10.3. The molecule has 0 amide bonds. The average molecular weight is 257 g/mol. The molecule has 1 rings (SSSR count). The topological polar surface area (TPSA) is 57.6 Å². The summed E-state index contributed by atoms with van der Waals surface area (Å²) < 4.78 is 24.9. The first-order valence-electron chi connectivity index (χ1n) is 5.64. The van der Waals surface area contributed by atoms with Gasteiger partial charge in [0, 0.05) is 13.1 Å². The van der Waals surface area contributed by atoms with Crippen LogP contribution >= 0.6 is 0 Å². The van der Waals surface area contributed by atoms with E-state index in [9.17, 15) is 8.42 Å². The average Bonchev–Trinajstić information content (AvgIpc) is 2.31. The van der Waals surface area contributed by atoms with Crippen molar-refractivity contribution in [1.82, 2.24) is 4.31 Å². The van der Waals surface area contributed by atoms with Crippen molar-refractivity contribution in [2.45, 2.75) is 20.4 Å². The minimum Gasteiger partial charge on any atom is -0.395 e. The smallest absolute Gasteiger partial charge is 0.214 e. The highest BCUT2D eigenvalue weighted by atomic mass is 32.2. The van der Waals surface area contributed by atoms with Gasteiger partial charge in [-0.2, -0.15) is 4.31 Å². The number of rotatable bonds is 6. The van der Waals surface area contributed by atoms with E-state index in [0.717, 1.165) is 11.1 Å². The maximum atomic E-state index is 11.8. The third kappa shape index (κ3) is 4.11. The Bertz CT molecular complexity index is 439. The zero-order valence-corrected chi connectivity index (χ0v) is 11.1. The Hall–Kier alpha value is -0.910. The van der Waals surface area contributed by atoms with Gasteiger partial charge in [0.05, 0.1) is 12.4 Å². The van der Waals surface area contributed by atoms with E-state index in [1.54, 1.807) is 6.92 Å². The van der Waals surface area contributed by atoms with Crippen LogP contribution in [0, 0.1) is 6.92 Å². The molecule has 0 heterocycles. The lowest BCUT2D eigenvalue weighted by Gasteiger charge is -2.20. The molecule has 0 aliphatic heterocycles. The number of aliphatic hydroxyl groups is 1. The van der Waals surface area contributed by atoms with Crippen molar-refractivity contribution in [3.8, 4) is 0 Å². The fourth-order valence-electron chi connectivity index (χ4n) is 1.51. The molecule has 0 fully saturated rings. The molecule has 0 aliphatic carbocycles. The number of hydrogen-bond acceptors (Lipinski definition) is 3. The maximum absolute atomic E-state index is 11.8. The minimum atomic E-state index is -3.26. The Kier molecular flexibility index (Phi) is 5.11. The van der Waals surface area contributed by atoms with E-state index in [2.05, 4.69) is 0 Å². The summed E-state index contributed by atoms with van der Waals surface area (Å²) in [5, 5.41) is 8.91. The molecular weight excluding hydrogens is 238 g/mol. The van der Waals surface area contributed by atoms with Crippen LogP contribution in [0.4, 0.5) is 0 Å². The lowest BCUT2D eigenvalue weighted by molar-refractivity contribution is 0.251. The standard InChI is InChI=1S/C12H19NO3S/c1-3-17(15,16)13(8-9-14)10-12-6-4-11(2)5-7-12/h4-7,14H,3,8-10H2,1-2H3. The summed E-state index contributed by atoms with van der Waals surface area (Å²) in [7, 11) is -3.26. The highest BCUT2D eigenvalue weighted by molar-refractivity contribution is 7.89. The van der Waals surface area contributed by atoms with Crippen molar-refractivity contribution in [3.05, 3.63) is 35.4 Å². The Morgan fingerprint density at radius 2 is 1.82 bits per heavy atom. The summed E-state index contributed by atoms with van der Waals surface area (Å²) in [4.78, 5) is 0. The largest absolute Gasteiger partial charge is 0.395 e. The van der Waals surface area contributed by atoms with E-state index >= 15 is 0 Å². The summed E-state index contributed by atoms with van der Waals surface area (Å²) >= 11 is 0. The van der Waals surface area contributed by atoms with Crippen LogP contribution in [0.1, 0.15) is 18.1 Å². The minimum absolute atomic E-state index is 0.0544. The van der Waals surface area contributed by atoms with Gasteiger partial charge in [0.2, 0.25) is 10.0 Å². The van der Waals surface area contributed by atoms with E-state index in [4.69, 9.17) is 5.11 Å². The van der Waals surface area contributed by atoms with Gasteiger partial charge < -0.3 is 5.11 Å². The molecule has 17 heavy (non-hydrogen) atoms. The molecule has 0 radical (unpaired) electrons. The predicted octanol–water partition coefficient (Wildman–Crippen LogP) is 1.14.